The van der Waals surface area contributed by atoms with Gasteiger partial charge < -0.3 is 63.6 Å². The third-order valence-electron chi connectivity index (χ3n) is 7.81. The molecule has 8 N–H and O–H groups in total. The van der Waals surface area contributed by atoms with Crippen molar-refractivity contribution in [3.63, 3.8) is 0 Å². The molecule has 0 bridgehead atoms. The summed E-state index contributed by atoms with van der Waals surface area (Å²) in [4.78, 5) is 54.3. The summed E-state index contributed by atoms with van der Waals surface area (Å²) in [5.74, 6) is -1.55. The maximum absolute atomic E-state index is 13.3. The Morgan fingerprint density at radius 1 is 0.585 bits per heavy atom. The third kappa shape index (κ3) is 59.0. The van der Waals surface area contributed by atoms with Gasteiger partial charge in [-0.15, -0.1) is 0 Å². The van der Waals surface area contributed by atoms with E-state index in [1.165, 1.54) is 75.3 Å². The maximum atomic E-state index is 13.3. The topological polar surface area (TPSA) is 212 Å². The Kier molecular flexibility index (Phi) is 44.2. The Labute approximate surface area is 394 Å². The predicted octanol–water partition coefficient (Wildman–Crippen LogP) is 3.12. The van der Waals surface area contributed by atoms with E-state index in [1.807, 2.05) is 0 Å². The summed E-state index contributed by atoms with van der Waals surface area (Å²) in [6.45, 7) is 22.9. The van der Waals surface area contributed by atoms with Crippen LogP contribution in [0.2, 0.25) is 0 Å². The number of aldehydes is 1. The molecule has 0 rings (SSSR count). The van der Waals surface area contributed by atoms with Gasteiger partial charge in [-0.3, -0.25) is 14.4 Å². The Hall–Kier alpha value is -2.97. The van der Waals surface area contributed by atoms with Crippen LogP contribution in [0.3, 0.4) is 0 Å². The number of nitrogens with one attached hydrogen (secondary N) is 3. The van der Waals surface area contributed by atoms with Crippen LogP contribution in [-0.4, -0.2) is 136 Å². The molecule has 0 saturated carbocycles. The number of hydrogen-bond donors (Lipinski definition) is 5. The van der Waals surface area contributed by atoms with E-state index in [0.717, 1.165) is 6.29 Å². The van der Waals surface area contributed by atoms with Crippen LogP contribution in [0.15, 0.2) is 12.2 Å². The summed E-state index contributed by atoms with van der Waals surface area (Å²) in [5, 5.41) is 8.35. The first kappa shape index (κ1) is 73.6. The van der Waals surface area contributed by atoms with Crippen molar-refractivity contribution in [3.8, 4) is 0 Å². The van der Waals surface area contributed by atoms with Crippen molar-refractivity contribution < 1.29 is 83.0 Å². The summed E-state index contributed by atoms with van der Waals surface area (Å²) in [7, 11) is 4.99. The fourth-order valence-corrected chi connectivity index (χ4v) is 5.15. The third-order valence-corrected chi connectivity index (χ3v) is 7.81. The molecule has 20 heteroatoms. The molecule has 5 unspecified atom stereocenters. The number of nitrogens with two attached hydrogens (primary N) is 1. The highest BCUT2D eigenvalue weighted by Crippen LogP contribution is 2.19. The zero-order valence-corrected chi connectivity index (χ0v) is 43.4. The van der Waals surface area contributed by atoms with Crippen molar-refractivity contribution in [3.05, 3.63) is 12.2 Å². The summed E-state index contributed by atoms with van der Waals surface area (Å²) in [6.07, 6.45) is 5.65. The van der Waals surface area contributed by atoms with Crippen LogP contribution < -0.4 is 39.8 Å². The average Bonchev–Trinajstić information content (AvgIpc) is 3.12. The lowest BCUT2D eigenvalue weighted by Gasteiger charge is -2.20. The first-order chi connectivity index (χ1) is 29.0. The molecule has 0 aliphatic carbocycles. The van der Waals surface area contributed by atoms with E-state index in [4.69, 9.17) is 19.9 Å². The second kappa shape index (κ2) is 39.1. The van der Waals surface area contributed by atoms with Crippen molar-refractivity contribution in [1.82, 2.24) is 16.0 Å². The largest absolute Gasteiger partial charge is 1.00 e. The molecule has 5 atom stereocenters. The average molecular weight is 975 g/mol. The second-order valence-electron chi connectivity index (χ2n) is 17.8. The molecule has 65 heavy (non-hydrogen) atoms. The zero-order valence-electron chi connectivity index (χ0n) is 42.6. The molecule has 0 aliphatic rings. The first-order valence-corrected chi connectivity index (χ1v) is 21.8. The van der Waals surface area contributed by atoms with E-state index in [1.54, 1.807) is 54.9 Å². The number of quaternary nitrogens is 1. The first-order valence-electron chi connectivity index (χ1n) is 21.8. The van der Waals surface area contributed by atoms with Gasteiger partial charge >= 0.3 is 23.9 Å². The number of ether oxygens (including phenoxy) is 4. The Bertz CT molecular complexity index is 1270. The standard InChI is InChI=1S/C11H20FNO2.C10H20FNO2.C9H18FNO2.C8H16FNO2.C7H14FNO.ClH/c1-5-15-10(14)7-6-9(13-4)8-11(2,3)12;1-4-14-9(13)6-5-8(12)7-10(2,3)11;1-5-13-8(12)7(11-4)6-9(2,3)10;1-4-12-7(11)6(10)5-8(2,3)9;1-7(2,8)4-6(5-10)9-3;/h6-7,9,13H,5,8H2,1-4H3;8H,4-7,12H2,1-3H3;7,11H,5-6H2,1-4H3;6H,4-5,10H2,1-3H3;5-6,9H,4H2,1-3H3;1H. The van der Waals surface area contributed by atoms with Crippen molar-refractivity contribution in [2.45, 2.75) is 200 Å². The van der Waals surface area contributed by atoms with Crippen molar-refractivity contribution in [2.24, 2.45) is 5.73 Å². The Balaban J connectivity index is -0.000000168. The van der Waals surface area contributed by atoms with E-state index >= 15 is 0 Å². The van der Waals surface area contributed by atoms with E-state index < -0.39 is 58.3 Å². The molecular weight excluding hydrogens is 885 g/mol. The number of alkyl halides is 5. The number of hydrogen-bond acceptors (Lipinski definition) is 13. The van der Waals surface area contributed by atoms with Gasteiger partial charge in [0.15, 0.2) is 0 Å². The molecule has 0 aromatic rings. The summed E-state index contributed by atoms with van der Waals surface area (Å²) >= 11 is 0. The SMILES string of the molecule is CCOC(=O)C(CC(C)(C)F)NC.CCOC(=O)C(N)CC(C)(C)F.CCOC(=O)C=CC(CC(C)(C)F)NC.CCOC(=O)CCC([NH3+])CC(C)(C)F.CNC(C=O)CC(C)(C)F.[Cl-]. The predicted molar refractivity (Wildman–Crippen MR) is 243 cm³/mol. The van der Waals surface area contributed by atoms with Gasteiger partial charge in [-0.25, -0.2) is 26.7 Å². The lowest BCUT2D eigenvalue weighted by Crippen LogP contribution is -3.00. The van der Waals surface area contributed by atoms with Crippen LogP contribution in [0, 0.1) is 0 Å². The smallest absolute Gasteiger partial charge is 0.330 e. The molecule has 0 radical (unpaired) electrons. The van der Waals surface area contributed by atoms with Gasteiger partial charge in [0.1, 0.15) is 46.7 Å². The monoisotopic (exact) mass is 974 g/mol. The van der Waals surface area contributed by atoms with E-state index in [0.29, 0.717) is 45.5 Å². The normalized spacial score (nSPS) is 13.9. The number of halogens is 6. The highest BCUT2D eigenvalue weighted by atomic mass is 35.5. The van der Waals surface area contributed by atoms with Crippen LogP contribution >= 0.6 is 0 Å². The molecule has 0 fully saturated rings. The van der Waals surface area contributed by atoms with E-state index in [-0.39, 0.29) is 62.4 Å². The van der Waals surface area contributed by atoms with Crippen LogP contribution in [-0.2, 0) is 42.9 Å². The van der Waals surface area contributed by atoms with E-state index in [9.17, 15) is 45.9 Å². The number of esters is 4. The van der Waals surface area contributed by atoms with Crippen LogP contribution in [0.4, 0.5) is 22.0 Å². The van der Waals surface area contributed by atoms with Gasteiger partial charge in [0.05, 0.1) is 44.9 Å². The second-order valence-corrected chi connectivity index (χ2v) is 17.8. The minimum absolute atomic E-state index is 0. The highest BCUT2D eigenvalue weighted by molar-refractivity contribution is 5.82. The lowest BCUT2D eigenvalue weighted by molar-refractivity contribution is -0.426. The minimum Gasteiger partial charge on any atom is -1.00 e. The number of rotatable bonds is 25. The zero-order chi connectivity index (χ0) is 51.5. The lowest BCUT2D eigenvalue weighted by atomic mass is 9.98. The van der Waals surface area contributed by atoms with Gasteiger partial charge in [-0.05, 0) is 124 Å². The molecule has 0 heterocycles. The molecule has 0 aliphatic heterocycles. The Morgan fingerprint density at radius 3 is 1.29 bits per heavy atom. The fourth-order valence-electron chi connectivity index (χ4n) is 5.15. The molecule has 390 valence electrons. The van der Waals surface area contributed by atoms with Crippen LogP contribution in [0.1, 0.15) is 142 Å². The van der Waals surface area contributed by atoms with Gasteiger partial charge in [0.2, 0.25) is 0 Å². The van der Waals surface area contributed by atoms with Crippen molar-refractivity contribution >= 4 is 30.2 Å². The summed E-state index contributed by atoms with van der Waals surface area (Å²) in [5.41, 5.74) is 2.66. The maximum Gasteiger partial charge on any atom is 0.330 e. The van der Waals surface area contributed by atoms with E-state index in [2.05, 4.69) is 26.4 Å². The number of carbonyl (C=O) groups is 5. The van der Waals surface area contributed by atoms with Gasteiger partial charge in [-0.1, -0.05) is 6.08 Å². The molecule has 0 aromatic carbocycles. The number of carbonyl (C=O) groups excluding carboxylic acids is 5. The van der Waals surface area contributed by atoms with Crippen molar-refractivity contribution in [1.29, 1.82) is 0 Å². The molecule has 14 nitrogen and oxygen atoms in total. The molecular formula is C45H89ClF5N5O9. The molecule has 0 saturated heterocycles. The fraction of sp³-hybridized carbons (Fsp3) is 0.844. The number of likely N-dealkylation sites (N-methyl/N-ethyl adjacent to an activating group) is 3. The van der Waals surface area contributed by atoms with Crippen LogP contribution in [0.5, 0.6) is 0 Å². The minimum atomic E-state index is -1.42. The molecule has 0 amide bonds. The summed E-state index contributed by atoms with van der Waals surface area (Å²) < 4.78 is 84.3. The van der Waals surface area contributed by atoms with Crippen LogP contribution in [0.25, 0.3) is 0 Å². The molecule has 0 aromatic heterocycles. The highest BCUT2D eigenvalue weighted by Gasteiger charge is 2.28. The molecule has 0 spiro atoms. The van der Waals surface area contributed by atoms with Gasteiger partial charge in [0, 0.05) is 44.2 Å². The quantitative estimate of drug-likeness (QED) is 0.0293. The Morgan fingerprint density at radius 2 is 0.969 bits per heavy atom. The van der Waals surface area contributed by atoms with Crippen molar-refractivity contribution in [2.75, 3.05) is 47.6 Å². The van der Waals surface area contributed by atoms with Gasteiger partial charge in [0.25, 0.3) is 0 Å². The van der Waals surface area contributed by atoms with Gasteiger partial charge in [-0.2, -0.15) is 0 Å². The summed E-state index contributed by atoms with van der Waals surface area (Å²) in [6, 6.07) is -1.96.